The molecule has 3 N–H and O–H groups in total. The molecule has 0 saturated carbocycles. The van der Waals surface area contributed by atoms with E-state index in [0.717, 1.165) is 43.2 Å². The van der Waals surface area contributed by atoms with Crippen molar-refractivity contribution in [2.45, 2.75) is 25.8 Å². The second kappa shape index (κ2) is 7.37. The Balaban J connectivity index is 2.36. The maximum atomic E-state index is 5.78. The summed E-state index contributed by atoms with van der Waals surface area (Å²) in [5.74, 6) is 5.78. The van der Waals surface area contributed by atoms with E-state index >= 15 is 0 Å². The minimum atomic E-state index is -0.00622. The lowest BCUT2D eigenvalue weighted by molar-refractivity contribution is 0.527. The molecular formula is C14H17Br3N4. The second-order valence-electron chi connectivity index (χ2n) is 4.77. The van der Waals surface area contributed by atoms with Gasteiger partial charge in [-0.3, -0.25) is 16.0 Å². The van der Waals surface area contributed by atoms with Gasteiger partial charge in [0.1, 0.15) is 0 Å². The predicted octanol–water partition coefficient (Wildman–Crippen LogP) is 4.02. The molecule has 114 valence electrons. The molecular weight excluding hydrogens is 464 g/mol. The quantitative estimate of drug-likeness (QED) is 0.502. The van der Waals surface area contributed by atoms with Crippen molar-refractivity contribution in [2.75, 3.05) is 0 Å². The van der Waals surface area contributed by atoms with Gasteiger partial charge in [-0.05, 0) is 46.1 Å². The zero-order chi connectivity index (χ0) is 15.6. The van der Waals surface area contributed by atoms with E-state index in [1.165, 1.54) is 0 Å². The molecule has 1 aromatic heterocycles. The lowest BCUT2D eigenvalue weighted by Gasteiger charge is -2.18. The van der Waals surface area contributed by atoms with Gasteiger partial charge in [-0.1, -0.05) is 38.8 Å². The lowest BCUT2D eigenvalue weighted by Crippen LogP contribution is -2.30. The Morgan fingerprint density at radius 1 is 1.33 bits per heavy atom. The highest BCUT2D eigenvalue weighted by Crippen LogP contribution is 2.31. The van der Waals surface area contributed by atoms with Gasteiger partial charge in [0.25, 0.3) is 0 Å². The molecule has 0 saturated heterocycles. The summed E-state index contributed by atoms with van der Waals surface area (Å²) in [6, 6.07) is 6.07. The van der Waals surface area contributed by atoms with Crippen LogP contribution in [-0.4, -0.2) is 9.78 Å². The number of hydrazine groups is 1. The molecule has 0 aliphatic heterocycles. The Morgan fingerprint density at radius 2 is 2.05 bits per heavy atom. The third kappa shape index (κ3) is 3.76. The summed E-state index contributed by atoms with van der Waals surface area (Å²) in [6.45, 7) is 2.10. The third-order valence-corrected chi connectivity index (χ3v) is 5.57. The number of nitrogens with zero attached hydrogens (tertiary/aromatic N) is 2. The minimum absolute atomic E-state index is 0.00622. The van der Waals surface area contributed by atoms with E-state index in [9.17, 15) is 0 Å². The number of rotatable bonds is 5. The van der Waals surface area contributed by atoms with E-state index < -0.39 is 0 Å². The predicted molar refractivity (Wildman–Crippen MR) is 95.9 cm³/mol. The summed E-state index contributed by atoms with van der Waals surface area (Å²) in [6.07, 6.45) is 1.64. The summed E-state index contributed by atoms with van der Waals surface area (Å²) in [5.41, 5.74) is 6.21. The number of aromatic nitrogens is 2. The van der Waals surface area contributed by atoms with Crippen LogP contribution in [-0.2, 0) is 19.9 Å². The zero-order valence-electron chi connectivity index (χ0n) is 11.8. The molecule has 0 bridgehead atoms. The van der Waals surface area contributed by atoms with E-state index in [1.54, 1.807) is 0 Å². The summed E-state index contributed by atoms with van der Waals surface area (Å²) < 4.78 is 5.04. The number of hydrogen-bond donors (Lipinski definition) is 2. The lowest BCUT2D eigenvalue weighted by atomic mass is 10.0. The summed E-state index contributed by atoms with van der Waals surface area (Å²) in [4.78, 5) is 0. The molecule has 21 heavy (non-hydrogen) atoms. The standard InChI is InChI=1S/C14H17Br3N4/c1-3-11-14(17)13(21(2)20-11)7-12(19-18)9-6-8(15)4-5-10(9)16/h4-6,12,19H,3,7,18H2,1-2H3. The number of hydrogen-bond acceptors (Lipinski definition) is 3. The van der Waals surface area contributed by atoms with E-state index in [2.05, 4.69) is 71.3 Å². The summed E-state index contributed by atoms with van der Waals surface area (Å²) >= 11 is 10.8. The number of nitrogens with one attached hydrogen (secondary N) is 1. The molecule has 0 spiro atoms. The van der Waals surface area contributed by atoms with Gasteiger partial charge in [-0.2, -0.15) is 5.10 Å². The van der Waals surface area contributed by atoms with Crippen molar-refractivity contribution in [3.8, 4) is 0 Å². The van der Waals surface area contributed by atoms with Crippen LogP contribution in [0.15, 0.2) is 31.6 Å². The van der Waals surface area contributed by atoms with Crippen LogP contribution in [0.2, 0.25) is 0 Å². The highest BCUT2D eigenvalue weighted by Gasteiger charge is 2.20. The maximum Gasteiger partial charge on any atom is 0.0766 e. The van der Waals surface area contributed by atoms with Crippen LogP contribution < -0.4 is 11.3 Å². The maximum absolute atomic E-state index is 5.78. The fourth-order valence-electron chi connectivity index (χ4n) is 2.28. The largest absolute Gasteiger partial charge is 0.271 e. The van der Waals surface area contributed by atoms with Crippen LogP contribution >= 0.6 is 47.8 Å². The van der Waals surface area contributed by atoms with E-state index in [1.807, 2.05) is 23.9 Å². The first-order valence-electron chi connectivity index (χ1n) is 6.59. The van der Waals surface area contributed by atoms with Crippen molar-refractivity contribution in [1.29, 1.82) is 0 Å². The van der Waals surface area contributed by atoms with Crippen molar-refractivity contribution in [2.24, 2.45) is 12.9 Å². The number of nitrogens with two attached hydrogens (primary N) is 1. The van der Waals surface area contributed by atoms with Gasteiger partial charge in [-0.25, -0.2) is 0 Å². The van der Waals surface area contributed by atoms with Gasteiger partial charge in [0, 0.05) is 22.4 Å². The smallest absolute Gasteiger partial charge is 0.0766 e. The first-order valence-corrected chi connectivity index (χ1v) is 8.97. The fourth-order valence-corrected chi connectivity index (χ4v) is 3.96. The summed E-state index contributed by atoms with van der Waals surface area (Å²) in [5, 5.41) is 4.53. The van der Waals surface area contributed by atoms with E-state index in [-0.39, 0.29) is 6.04 Å². The molecule has 0 aliphatic carbocycles. The Morgan fingerprint density at radius 3 is 2.62 bits per heavy atom. The van der Waals surface area contributed by atoms with Crippen LogP contribution in [0.1, 0.15) is 29.9 Å². The van der Waals surface area contributed by atoms with Crippen LogP contribution in [0.5, 0.6) is 0 Å². The molecule has 0 aliphatic rings. The van der Waals surface area contributed by atoms with Gasteiger partial charge >= 0.3 is 0 Å². The van der Waals surface area contributed by atoms with Crippen molar-refractivity contribution in [3.63, 3.8) is 0 Å². The topological polar surface area (TPSA) is 55.9 Å². The van der Waals surface area contributed by atoms with Gasteiger partial charge < -0.3 is 0 Å². The van der Waals surface area contributed by atoms with Gasteiger partial charge in [0.05, 0.1) is 21.9 Å². The minimum Gasteiger partial charge on any atom is -0.271 e. The molecule has 0 fully saturated rings. The van der Waals surface area contributed by atoms with E-state index in [4.69, 9.17) is 5.84 Å². The van der Waals surface area contributed by atoms with Gasteiger partial charge in [0.2, 0.25) is 0 Å². The zero-order valence-corrected chi connectivity index (χ0v) is 16.6. The molecule has 4 nitrogen and oxygen atoms in total. The molecule has 1 aromatic carbocycles. The normalized spacial score (nSPS) is 12.7. The van der Waals surface area contributed by atoms with Crippen LogP contribution in [0.4, 0.5) is 0 Å². The molecule has 0 radical (unpaired) electrons. The van der Waals surface area contributed by atoms with Crippen molar-refractivity contribution in [1.82, 2.24) is 15.2 Å². The van der Waals surface area contributed by atoms with Gasteiger partial charge in [-0.15, -0.1) is 0 Å². The molecule has 1 heterocycles. The SMILES string of the molecule is CCc1nn(C)c(CC(NN)c2cc(Br)ccc2Br)c1Br. The van der Waals surface area contributed by atoms with Crippen molar-refractivity contribution in [3.05, 3.63) is 48.6 Å². The molecule has 7 heteroatoms. The Bertz CT molecular complexity index is 639. The Kier molecular flexibility index (Phi) is 6.02. The number of aryl methyl sites for hydroxylation is 2. The molecule has 1 atom stereocenters. The van der Waals surface area contributed by atoms with Crippen LogP contribution in [0, 0.1) is 0 Å². The van der Waals surface area contributed by atoms with Crippen LogP contribution in [0.25, 0.3) is 0 Å². The summed E-state index contributed by atoms with van der Waals surface area (Å²) in [7, 11) is 1.96. The molecule has 2 aromatic rings. The van der Waals surface area contributed by atoms with Crippen molar-refractivity contribution >= 4 is 47.8 Å². The number of halogens is 3. The highest BCUT2D eigenvalue weighted by atomic mass is 79.9. The second-order valence-corrected chi connectivity index (χ2v) is 7.34. The fraction of sp³-hybridized carbons (Fsp3) is 0.357. The molecule has 2 rings (SSSR count). The average molecular weight is 481 g/mol. The van der Waals surface area contributed by atoms with Gasteiger partial charge in [0.15, 0.2) is 0 Å². The first kappa shape index (κ1) is 17.1. The molecule has 1 unspecified atom stereocenters. The van der Waals surface area contributed by atoms with E-state index in [0.29, 0.717) is 0 Å². The Hall–Kier alpha value is -0.210. The van der Waals surface area contributed by atoms with Crippen molar-refractivity contribution < 1.29 is 0 Å². The highest BCUT2D eigenvalue weighted by molar-refractivity contribution is 9.11. The molecule has 0 amide bonds. The first-order chi connectivity index (χ1) is 9.97. The third-order valence-electron chi connectivity index (χ3n) is 3.44. The number of benzene rings is 1. The Labute approximate surface area is 149 Å². The average Bonchev–Trinajstić information content (AvgIpc) is 2.74. The van der Waals surface area contributed by atoms with Crippen LogP contribution in [0.3, 0.4) is 0 Å². The monoisotopic (exact) mass is 478 g/mol.